The number of hydrogen-bond acceptors (Lipinski definition) is 3. The first-order chi connectivity index (χ1) is 8.41. The van der Waals surface area contributed by atoms with Crippen LogP contribution in [-0.2, 0) is 0 Å². The number of hydrogen-bond donors (Lipinski definition) is 4. The van der Waals surface area contributed by atoms with E-state index in [9.17, 15) is 9.59 Å². The van der Waals surface area contributed by atoms with Crippen molar-refractivity contribution in [1.82, 2.24) is 10.3 Å². The smallest absolute Gasteiger partial charge is 0.337 e. The van der Waals surface area contributed by atoms with Crippen molar-refractivity contribution in [3.8, 4) is 0 Å². The number of carbonyl (C=O) groups is 2. The number of amides is 1. The maximum atomic E-state index is 12.0. The van der Waals surface area contributed by atoms with Crippen molar-refractivity contribution in [3.05, 3.63) is 22.5 Å². The van der Waals surface area contributed by atoms with Crippen molar-refractivity contribution in [2.45, 2.75) is 38.8 Å². The quantitative estimate of drug-likeness (QED) is 0.629. The van der Waals surface area contributed by atoms with E-state index in [0.717, 1.165) is 12.8 Å². The average Bonchev–Trinajstić information content (AvgIpc) is 2.59. The molecule has 6 nitrogen and oxygen atoms in total. The van der Waals surface area contributed by atoms with Crippen LogP contribution in [0.4, 0.5) is 0 Å². The zero-order chi connectivity index (χ0) is 13.4. The van der Waals surface area contributed by atoms with Crippen LogP contribution in [0.25, 0.3) is 0 Å². The van der Waals surface area contributed by atoms with Crippen molar-refractivity contribution in [2.24, 2.45) is 5.73 Å². The number of aromatic nitrogens is 1. The summed E-state index contributed by atoms with van der Waals surface area (Å²) in [6, 6.07) is -0.00181. The van der Waals surface area contributed by atoms with E-state index in [4.69, 9.17) is 10.8 Å². The van der Waals surface area contributed by atoms with Crippen LogP contribution in [0.5, 0.6) is 0 Å². The molecule has 0 saturated heterocycles. The van der Waals surface area contributed by atoms with Crippen molar-refractivity contribution in [3.63, 3.8) is 0 Å². The van der Waals surface area contributed by atoms with E-state index < -0.39 is 5.97 Å². The molecule has 0 bridgehead atoms. The Kier molecular flexibility index (Phi) is 3.13. The summed E-state index contributed by atoms with van der Waals surface area (Å²) in [5, 5.41) is 11.9. The van der Waals surface area contributed by atoms with Crippen molar-refractivity contribution in [2.75, 3.05) is 0 Å². The molecule has 0 unspecified atom stereocenters. The number of carbonyl (C=O) groups excluding carboxylic acids is 1. The summed E-state index contributed by atoms with van der Waals surface area (Å²) in [5.41, 5.74) is 7.18. The Hall–Kier alpha value is -1.82. The number of aromatic amines is 1. The Morgan fingerprint density at radius 1 is 1.39 bits per heavy atom. The summed E-state index contributed by atoms with van der Waals surface area (Å²) in [6.45, 7) is 3.27. The van der Waals surface area contributed by atoms with E-state index in [2.05, 4.69) is 10.3 Å². The number of nitrogens with one attached hydrogen (secondary N) is 2. The Bertz CT molecular complexity index is 507. The molecule has 0 spiro atoms. The summed E-state index contributed by atoms with van der Waals surface area (Å²) < 4.78 is 0. The van der Waals surface area contributed by atoms with E-state index in [0.29, 0.717) is 17.0 Å². The molecule has 1 amide bonds. The van der Waals surface area contributed by atoms with Crippen molar-refractivity contribution < 1.29 is 14.7 Å². The lowest BCUT2D eigenvalue weighted by Crippen LogP contribution is -2.54. The average molecular weight is 251 g/mol. The highest BCUT2D eigenvalue weighted by atomic mass is 16.4. The van der Waals surface area contributed by atoms with Crippen LogP contribution in [0, 0.1) is 13.8 Å². The number of carboxylic acid groups (broad SMARTS) is 1. The van der Waals surface area contributed by atoms with Gasteiger partial charge in [0.15, 0.2) is 0 Å². The predicted molar refractivity (Wildman–Crippen MR) is 65.7 cm³/mol. The number of H-pyrrole nitrogens is 1. The van der Waals surface area contributed by atoms with E-state index >= 15 is 0 Å². The zero-order valence-electron chi connectivity index (χ0n) is 10.4. The van der Waals surface area contributed by atoms with Crippen LogP contribution >= 0.6 is 0 Å². The van der Waals surface area contributed by atoms with Gasteiger partial charge < -0.3 is 21.1 Å². The Labute approximate surface area is 105 Å². The normalized spacial score (nSPS) is 22.4. The third kappa shape index (κ3) is 1.99. The molecule has 1 aromatic rings. The minimum Gasteiger partial charge on any atom is -0.478 e. The van der Waals surface area contributed by atoms with Crippen LogP contribution in [0.15, 0.2) is 0 Å². The van der Waals surface area contributed by atoms with Gasteiger partial charge in [0.1, 0.15) is 5.69 Å². The van der Waals surface area contributed by atoms with Crippen LogP contribution in [0.2, 0.25) is 0 Å². The number of aromatic carboxylic acids is 1. The molecule has 1 aromatic heterocycles. The highest BCUT2D eigenvalue weighted by Crippen LogP contribution is 2.21. The molecule has 1 heterocycles. The Morgan fingerprint density at radius 3 is 2.44 bits per heavy atom. The fourth-order valence-electron chi connectivity index (χ4n) is 2.24. The maximum Gasteiger partial charge on any atom is 0.337 e. The fraction of sp³-hybridized carbons (Fsp3) is 0.500. The molecule has 18 heavy (non-hydrogen) atoms. The maximum absolute atomic E-state index is 12.0. The van der Waals surface area contributed by atoms with Crippen molar-refractivity contribution in [1.29, 1.82) is 0 Å². The molecule has 1 saturated carbocycles. The highest BCUT2D eigenvalue weighted by molar-refractivity contribution is 6.00. The zero-order valence-corrected chi connectivity index (χ0v) is 10.4. The molecular formula is C12H17N3O3. The summed E-state index contributed by atoms with van der Waals surface area (Å²) in [5.74, 6) is -1.32. The minimum atomic E-state index is -1.03. The third-order valence-corrected chi connectivity index (χ3v) is 3.52. The van der Waals surface area contributed by atoms with Gasteiger partial charge in [-0.25, -0.2) is 4.79 Å². The second-order valence-electron chi connectivity index (χ2n) is 4.75. The minimum absolute atomic E-state index is 0.00394. The molecule has 5 N–H and O–H groups in total. The second-order valence-corrected chi connectivity index (χ2v) is 4.75. The van der Waals surface area contributed by atoms with Gasteiger partial charge >= 0.3 is 5.97 Å². The van der Waals surface area contributed by atoms with Crippen LogP contribution < -0.4 is 11.1 Å². The molecule has 98 valence electrons. The Balaban J connectivity index is 2.20. The number of aryl methyl sites for hydroxylation is 1. The van der Waals surface area contributed by atoms with E-state index in [1.54, 1.807) is 13.8 Å². The molecule has 1 fully saturated rings. The van der Waals surface area contributed by atoms with Gasteiger partial charge in [-0.3, -0.25) is 4.79 Å². The lowest BCUT2D eigenvalue weighted by atomic mass is 9.87. The first kappa shape index (κ1) is 12.6. The largest absolute Gasteiger partial charge is 0.478 e. The van der Waals surface area contributed by atoms with Gasteiger partial charge in [0.25, 0.3) is 5.91 Å². The van der Waals surface area contributed by atoms with Crippen LogP contribution in [-0.4, -0.2) is 34.1 Å². The van der Waals surface area contributed by atoms with Crippen LogP contribution in [0.1, 0.15) is 44.9 Å². The molecule has 2 rings (SSSR count). The van der Waals surface area contributed by atoms with Gasteiger partial charge in [0, 0.05) is 17.8 Å². The van der Waals surface area contributed by atoms with Gasteiger partial charge in [0.05, 0.1) is 5.56 Å². The summed E-state index contributed by atoms with van der Waals surface area (Å²) in [7, 11) is 0. The third-order valence-electron chi connectivity index (χ3n) is 3.52. The molecule has 1 aliphatic carbocycles. The summed E-state index contributed by atoms with van der Waals surface area (Å²) in [4.78, 5) is 25.9. The summed E-state index contributed by atoms with van der Waals surface area (Å²) >= 11 is 0. The number of rotatable bonds is 3. The number of carboxylic acids is 1. The van der Waals surface area contributed by atoms with Gasteiger partial charge in [-0.15, -0.1) is 0 Å². The lowest BCUT2D eigenvalue weighted by Gasteiger charge is -2.33. The first-order valence-electron chi connectivity index (χ1n) is 5.90. The van der Waals surface area contributed by atoms with E-state index in [1.807, 2.05) is 0 Å². The fourth-order valence-corrected chi connectivity index (χ4v) is 2.24. The topological polar surface area (TPSA) is 108 Å². The molecule has 6 heteroatoms. The van der Waals surface area contributed by atoms with Gasteiger partial charge in [-0.05, 0) is 32.3 Å². The lowest BCUT2D eigenvalue weighted by molar-refractivity contribution is 0.0695. The molecule has 1 aliphatic rings. The summed E-state index contributed by atoms with van der Waals surface area (Å²) in [6.07, 6.45) is 1.78. The second kappa shape index (κ2) is 4.45. The van der Waals surface area contributed by atoms with Gasteiger partial charge in [-0.2, -0.15) is 0 Å². The molecule has 2 atom stereocenters. The molecular weight excluding hydrogens is 234 g/mol. The Morgan fingerprint density at radius 2 is 2.06 bits per heavy atom. The van der Waals surface area contributed by atoms with Crippen LogP contribution in [0.3, 0.4) is 0 Å². The predicted octanol–water partition coefficient (Wildman–Crippen LogP) is 0.549. The van der Waals surface area contributed by atoms with E-state index in [-0.39, 0.29) is 23.6 Å². The standard InChI is InChI=1S/C12H17N3O3/c1-5-9(12(17)18)6(2)14-10(5)11(16)15-8-4-3-7(8)13/h7-8,14H,3-4,13H2,1-2H3,(H,15,16)(H,17,18)/t7-,8+/m1/s1. The molecule has 0 radical (unpaired) electrons. The SMILES string of the molecule is Cc1[nH]c(C(=O)N[C@H]2CC[C@H]2N)c(C)c1C(=O)O. The highest BCUT2D eigenvalue weighted by Gasteiger charge is 2.30. The molecule has 0 aliphatic heterocycles. The van der Waals surface area contributed by atoms with E-state index in [1.165, 1.54) is 0 Å². The van der Waals surface area contributed by atoms with Gasteiger partial charge in [-0.1, -0.05) is 0 Å². The monoisotopic (exact) mass is 251 g/mol. The number of nitrogens with two attached hydrogens (primary N) is 1. The molecule has 0 aromatic carbocycles. The van der Waals surface area contributed by atoms with Crippen molar-refractivity contribution >= 4 is 11.9 Å². The first-order valence-corrected chi connectivity index (χ1v) is 5.90. The van der Waals surface area contributed by atoms with Gasteiger partial charge in [0.2, 0.25) is 0 Å².